The number of piperazine rings is 1. The number of hydrogen-bond acceptors (Lipinski definition) is 5. The Kier molecular flexibility index (Phi) is 3.74. The minimum Gasteiger partial charge on any atom is -0.370 e. The van der Waals surface area contributed by atoms with Crippen molar-refractivity contribution in [2.45, 2.75) is 6.92 Å². The number of carbonyl (C=O) groups is 3. The van der Waals surface area contributed by atoms with Crippen molar-refractivity contribution in [3.63, 3.8) is 0 Å². The Balaban J connectivity index is 2.16. The van der Waals surface area contributed by atoms with Gasteiger partial charge in [0.1, 0.15) is 24.6 Å². The number of anilines is 1. The average Bonchev–Trinajstić information content (AvgIpc) is 2.37. The zero-order chi connectivity index (χ0) is 13.8. The second-order valence-corrected chi connectivity index (χ2v) is 4.07. The van der Waals surface area contributed by atoms with E-state index in [2.05, 4.69) is 15.6 Å². The lowest BCUT2D eigenvalue weighted by Gasteiger charge is -2.25. The van der Waals surface area contributed by atoms with Crippen LogP contribution in [0.15, 0.2) is 18.2 Å². The van der Waals surface area contributed by atoms with Gasteiger partial charge in [0.15, 0.2) is 0 Å². The van der Waals surface area contributed by atoms with E-state index in [0.29, 0.717) is 12.4 Å². The van der Waals surface area contributed by atoms with Crippen LogP contribution in [0.4, 0.5) is 5.82 Å². The zero-order valence-electron chi connectivity index (χ0n) is 10.5. The second kappa shape index (κ2) is 5.47. The molecule has 0 saturated carbocycles. The SMILES string of the molecule is CCNc1cccc(C(=O)N2CC(=O)NC(=O)C2)n1. The van der Waals surface area contributed by atoms with Crippen LogP contribution >= 0.6 is 0 Å². The average molecular weight is 262 g/mol. The highest BCUT2D eigenvalue weighted by Crippen LogP contribution is 2.08. The van der Waals surface area contributed by atoms with E-state index in [1.54, 1.807) is 18.2 Å². The van der Waals surface area contributed by atoms with Crippen molar-refractivity contribution in [1.29, 1.82) is 0 Å². The van der Waals surface area contributed by atoms with E-state index in [4.69, 9.17) is 0 Å². The van der Waals surface area contributed by atoms with Crippen LogP contribution < -0.4 is 10.6 Å². The molecular formula is C12H14N4O3. The van der Waals surface area contributed by atoms with Gasteiger partial charge in [0, 0.05) is 6.54 Å². The van der Waals surface area contributed by atoms with Gasteiger partial charge in [0.2, 0.25) is 11.8 Å². The van der Waals surface area contributed by atoms with E-state index in [9.17, 15) is 14.4 Å². The summed E-state index contributed by atoms with van der Waals surface area (Å²) in [5.41, 5.74) is 0.209. The van der Waals surface area contributed by atoms with Gasteiger partial charge in [-0.1, -0.05) is 6.07 Å². The quantitative estimate of drug-likeness (QED) is 0.724. The molecule has 19 heavy (non-hydrogen) atoms. The molecule has 3 amide bonds. The Labute approximate surface area is 110 Å². The molecule has 1 fully saturated rings. The maximum Gasteiger partial charge on any atom is 0.273 e. The highest BCUT2D eigenvalue weighted by Gasteiger charge is 2.27. The summed E-state index contributed by atoms with van der Waals surface area (Å²) in [6.07, 6.45) is 0. The van der Waals surface area contributed by atoms with Crippen molar-refractivity contribution >= 4 is 23.5 Å². The third-order valence-corrected chi connectivity index (χ3v) is 2.56. The van der Waals surface area contributed by atoms with Gasteiger partial charge in [-0.15, -0.1) is 0 Å². The molecule has 0 aliphatic carbocycles. The Morgan fingerprint density at radius 2 is 2.05 bits per heavy atom. The van der Waals surface area contributed by atoms with Gasteiger partial charge in [-0.25, -0.2) is 4.98 Å². The van der Waals surface area contributed by atoms with Gasteiger partial charge in [-0.05, 0) is 19.1 Å². The van der Waals surface area contributed by atoms with Crippen molar-refractivity contribution in [2.75, 3.05) is 25.0 Å². The fourth-order valence-corrected chi connectivity index (χ4v) is 1.78. The molecule has 100 valence electrons. The molecule has 7 nitrogen and oxygen atoms in total. The van der Waals surface area contributed by atoms with E-state index in [1.165, 1.54) is 4.90 Å². The predicted molar refractivity (Wildman–Crippen MR) is 67.5 cm³/mol. The largest absolute Gasteiger partial charge is 0.370 e. The van der Waals surface area contributed by atoms with Gasteiger partial charge >= 0.3 is 0 Å². The molecule has 1 aliphatic heterocycles. The van der Waals surface area contributed by atoms with Crippen molar-refractivity contribution in [2.24, 2.45) is 0 Å². The van der Waals surface area contributed by atoms with E-state index in [1.807, 2.05) is 6.92 Å². The van der Waals surface area contributed by atoms with Crippen LogP contribution in [0.25, 0.3) is 0 Å². The topological polar surface area (TPSA) is 91.4 Å². The number of hydrogen-bond donors (Lipinski definition) is 2. The van der Waals surface area contributed by atoms with Gasteiger partial charge in [-0.3, -0.25) is 19.7 Å². The first-order valence-corrected chi connectivity index (χ1v) is 5.93. The summed E-state index contributed by atoms with van der Waals surface area (Å²) in [6.45, 7) is 2.36. The first-order chi connectivity index (χ1) is 9.10. The van der Waals surface area contributed by atoms with Crippen LogP contribution in [0.5, 0.6) is 0 Å². The minimum atomic E-state index is -0.479. The van der Waals surface area contributed by atoms with Crippen molar-refractivity contribution in [3.05, 3.63) is 23.9 Å². The molecule has 2 heterocycles. The van der Waals surface area contributed by atoms with Gasteiger partial charge in [0.05, 0.1) is 0 Å². The van der Waals surface area contributed by atoms with E-state index in [-0.39, 0.29) is 18.8 Å². The molecule has 0 unspecified atom stereocenters. The lowest BCUT2D eigenvalue weighted by molar-refractivity contribution is -0.135. The molecular weight excluding hydrogens is 248 g/mol. The lowest BCUT2D eigenvalue weighted by atomic mass is 10.2. The summed E-state index contributed by atoms with van der Waals surface area (Å²) in [7, 11) is 0. The third kappa shape index (κ3) is 3.06. The summed E-state index contributed by atoms with van der Waals surface area (Å²) >= 11 is 0. The smallest absolute Gasteiger partial charge is 0.273 e. The standard InChI is InChI=1S/C12H14N4O3/c1-2-13-9-5-3-4-8(14-9)12(19)16-6-10(17)15-11(18)7-16/h3-5H,2,6-7H2,1H3,(H,13,14)(H,15,17,18). The summed E-state index contributed by atoms with van der Waals surface area (Å²) in [5, 5.41) is 5.14. The van der Waals surface area contributed by atoms with Crippen LogP contribution in [-0.4, -0.2) is 47.2 Å². The molecule has 7 heteroatoms. The molecule has 1 saturated heterocycles. The van der Waals surface area contributed by atoms with Crippen LogP contribution in [0.1, 0.15) is 17.4 Å². The first kappa shape index (κ1) is 13.0. The number of nitrogens with zero attached hydrogens (tertiary/aromatic N) is 2. The summed E-state index contributed by atoms with van der Waals surface area (Å²) in [6, 6.07) is 5.00. The Hall–Kier alpha value is -2.44. The molecule has 1 aromatic rings. The second-order valence-electron chi connectivity index (χ2n) is 4.07. The fraction of sp³-hybridized carbons (Fsp3) is 0.333. The minimum absolute atomic E-state index is 0.127. The number of aromatic nitrogens is 1. The van der Waals surface area contributed by atoms with E-state index in [0.717, 1.165) is 0 Å². The van der Waals surface area contributed by atoms with E-state index >= 15 is 0 Å². The highest BCUT2D eigenvalue weighted by atomic mass is 16.2. The van der Waals surface area contributed by atoms with Crippen molar-refractivity contribution < 1.29 is 14.4 Å². The van der Waals surface area contributed by atoms with Gasteiger partial charge in [0.25, 0.3) is 5.91 Å². The number of imide groups is 1. The van der Waals surface area contributed by atoms with Crippen LogP contribution in [0.3, 0.4) is 0 Å². The summed E-state index contributed by atoms with van der Waals surface area (Å²) in [5.74, 6) is -0.802. The molecule has 0 spiro atoms. The molecule has 2 N–H and O–H groups in total. The fourth-order valence-electron chi connectivity index (χ4n) is 1.78. The van der Waals surface area contributed by atoms with Crippen LogP contribution in [-0.2, 0) is 9.59 Å². The molecule has 0 aromatic carbocycles. The number of amides is 3. The first-order valence-electron chi connectivity index (χ1n) is 5.93. The summed E-state index contributed by atoms with van der Waals surface area (Å²) in [4.78, 5) is 39.9. The number of nitrogens with one attached hydrogen (secondary N) is 2. The maximum absolute atomic E-state index is 12.2. The molecule has 1 aromatic heterocycles. The van der Waals surface area contributed by atoms with Crippen molar-refractivity contribution in [3.8, 4) is 0 Å². The Bertz CT molecular complexity index is 513. The van der Waals surface area contributed by atoms with Gasteiger partial charge in [-0.2, -0.15) is 0 Å². The number of rotatable bonds is 3. The molecule has 0 atom stereocenters. The Morgan fingerprint density at radius 1 is 1.37 bits per heavy atom. The highest BCUT2D eigenvalue weighted by molar-refractivity contribution is 6.05. The van der Waals surface area contributed by atoms with Crippen LogP contribution in [0, 0.1) is 0 Å². The molecule has 0 bridgehead atoms. The lowest BCUT2D eigenvalue weighted by Crippen LogP contribution is -2.53. The summed E-state index contributed by atoms with van der Waals surface area (Å²) < 4.78 is 0. The molecule has 2 rings (SSSR count). The maximum atomic E-state index is 12.2. The van der Waals surface area contributed by atoms with Crippen molar-refractivity contribution in [1.82, 2.24) is 15.2 Å². The monoisotopic (exact) mass is 262 g/mol. The number of carbonyl (C=O) groups excluding carboxylic acids is 3. The predicted octanol–water partition coefficient (Wildman–Crippen LogP) is -0.388. The van der Waals surface area contributed by atoms with E-state index < -0.39 is 17.7 Å². The molecule has 1 aliphatic rings. The number of pyridine rings is 1. The normalized spacial score (nSPS) is 15.1. The molecule has 0 radical (unpaired) electrons. The van der Waals surface area contributed by atoms with Crippen LogP contribution in [0.2, 0.25) is 0 Å². The zero-order valence-corrected chi connectivity index (χ0v) is 10.5. The third-order valence-electron chi connectivity index (χ3n) is 2.56. The van der Waals surface area contributed by atoms with Gasteiger partial charge < -0.3 is 10.2 Å². The Morgan fingerprint density at radius 3 is 2.68 bits per heavy atom.